The first-order valence-corrected chi connectivity index (χ1v) is 5.74. The van der Waals surface area contributed by atoms with Gasteiger partial charge in [-0.2, -0.15) is 13.2 Å². The molecule has 1 rings (SSSR count). The standard InChI is InChI=1S/C11H20F3NO/c1-8-3-4-9(16)7-10(8)15(2)6-5-11(12,13)14/h8-10,16H,3-7H2,1-2H3. The van der Waals surface area contributed by atoms with Crippen molar-refractivity contribution in [3.8, 4) is 0 Å². The third-order valence-electron chi connectivity index (χ3n) is 3.44. The van der Waals surface area contributed by atoms with Gasteiger partial charge < -0.3 is 10.0 Å². The summed E-state index contributed by atoms with van der Waals surface area (Å²) in [5.74, 6) is 0.363. The van der Waals surface area contributed by atoms with Gasteiger partial charge in [0.15, 0.2) is 0 Å². The van der Waals surface area contributed by atoms with Crippen LogP contribution in [0, 0.1) is 5.92 Å². The number of hydrogen-bond donors (Lipinski definition) is 1. The number of halogens is 3. The molecule has 3 atom stereocenters. The summed E-state index contributed by atoms with van der Waals surface area (Å²) in [6.07, 6.45) is -2.97. The van der Waals surface area contributed by atoms with Gasteiger partial charge in [0.2, 0.25) is 0 Å². The van der Waals surface area contributed by atoms with Crippen molar-refractivity contribution >= 4 is 0 Å². The first-order valence-electron chi connectivity index (χ1n) is 5.74. The van der Waals surface area contributed by atoms with Crippen molar-refractivity contribution in [2.75, 3.05) is 13.6 Å². The van der Waals surface area contributed by atoms with E-state index in [1.54, 1.807) is 11.9 Å². The molecule has 2 nitrogen and oxygen atoms in total. The minimum absolute atomic E-state index is 0.0191. The van der Waals surface area contributed by atoms with E-state index in [0.717, 1.165) is 12.8 Å². The lowest BCUT2D eigenvalue weighted by Gasteiger charge is -2.38. The van der Waals surface area contributed by atoms with Gasteiger partial charge in [0.1, 0.15) is 0 Å². The second-order valence-electron chi connectivity index (χ2n) is 4.86. The van der Waals surface area contributed by atoms with E-state index < -0.39 is 12.6 Å². The minimum atomic E-state index is -4.09. The molecular formula is C11H20F3NO. The van der Waals surface area contributed by atoms with Crippen LogP contribution >= 0.6 is 0 Å². The van der Waals surface area contributed by atoms with Crippen LogP contribution < -0.4 is 0 Å². The molecule has 16 heavy (non-hydrogen) atoms. The largest absolute Gasteiger partial charge is 0.393 e. The maximum absolute atomic E-state index is 12.1. The fourth-order valence-electron chi connectivity index (χ4n) is 2.36. The Morgan fingerprint density at radius 2 is 1.94 bits per heavy atom. The zero-order valence-electron chi connectivity index (χ0n) is 9.80. The van der Waals surface area contributed by atoms with Crippen LogP contribution in [-0.4, -0.2) is 41.9 Å². The van der Waals surface area contributed by atoms with Crippen molar-refractivity contribution in [1.82, 2.24) is 4.90 Å². The highest BCUT2D eigenvalue weighted by Crippen LogP contribution is 2.29. The smallest absolute Gasteiger partial charge is 0.390 e. The molecule has 0 amide bonds. The van der Waals surface area contributed by atoms with Crippen LogP contribution in [0.4, 0.5) is 13.2 Å². The predicted octanol–water partition coefficient (Wildman–Crippen LogP) is 2.42. The highest BCUT2D eigenvalue weighted by Gasteiger charge is 2.32. The summed E-state index contributed by atoms with van der Waals surface area (Å²) in [5, 5.41) is 9.53. The fourth-order valence-corrected chi connectivity index (χ4v) is 2.36. The van der Waals surface area contributed by atoms with Crippen LogP contribution in [0.15, 0.2) is 0 Å². The summed E-state index contributed by atoms with van der Waals surface area (Å²) in [6.45, 7) is 2.06. The first-order chi connectivity index (χ1) is 7.29. The number of alkyl halides is 3. The molecule has 0 spiro atoms. The molecule has 1 aliphatic carbocycles. The van der Waals surface area contributed by atoms with Crippen LogP contribution in [0.3, 0.4) is 0 Å². The quantitative estimate of drug-likeness (QED) is 0.817. The summed E-state index contributed by atoms with van der Waals surface area (Å²) in [4.78, 5) is 1.74. The Kier molecular flexibility index (Phi) is 4.62. The molecule has 0 aromatic heterocycles. The molecule has 0 bridgehead atoms. The second kappa shape index (κ2) is 5.36. The molecule has 0 heterocycles. The molecular weight excluding hydrogens is 219 g/mol. The topological polar surface area (TPSA) is 23.5 Å². The Labute approximate surface area is 94.4 Å². The second-order valence-corrected chi connectivity index (χ2v) is 4.86. The number of aliphatic hydroxyl groups excluding tert-OH is 1. The summed E-state index contributed by atoms with van der Waals surface area (Å²) in [6, 6.07) is 0.0751. The van der Waals surface area contributed by atoms with Crippen molar-refractivity contribution in [2.24, 2.45) is 5.92 Å². The lowest BCUT2D eigenvalue weighted by Crippen LogP contribution is -2.43. The van der Waals surface area contributed by atoms with E-state index in [1.807, 2.05) is 6.92 Å². The van der Waals surface area contributed by atoms with Gasteiger partial charge in [0.25, 0.3) is 0 Å². The van der Waals surface area contributed by atoms with E-state index in [9.17, 15) is 18.3 Å². The van der Waals surface area contributed by atoms with Crippen LogP contribution in [0.5, 0.6) is 0 Å². The fraction of sp³-hybridized carbons (Fsp3) is 1.00. The van der Waals surface area contributed by atoms with Gasteiger partial charge in [-0.3, -0.25) is 0 Å². The third kappa shape index (κ3) is 4.29. The van der Waals surface area contributed by atoms with Crippen molar-refractivity contribution in [1.29, 1.82) is 0 Å². The minimum Gasteiger partial charge on any atom is -0.393 e. The van der Waals surface area contributed by atoms with E-state index in [0.29, 0.717) is 12.3 Å². The molecule has 1 aliphatic rings. The van der Waals surface area contributed by atoms with Crippen LogP contribution in [0.1, 0.15) is 32.6 Å². The van der Waals surface area contributed by atoms with Gasteiger partial charge >= 0.3 is 6.18 Å². The molecule has 0 radical (unpaired) electrons. The number of hydrogen-bond acceptors (Lipinski definition) is 2. The van der Waals surface area contributed by atoms with Gasteiger partial charge in [0, 0.05) is 12.6 Å². The summed E-state index contributed by atoms with van der Waals surface area (Å²) in [7, 11) is 1.71. The molecule has 0 aromatic carbocycles. The normalized spacial score (nSPS) is 32.1. The monoisotopic (exact) mass is 239 g/mol. The van der Waals surface area contributed by atoms with Crippen LogP contribution in [-0.2, 0) is 0 Å². The van der Waals surface area contributed by atoms with Gasteiger partial charge in [-0.1, -0.05) is 6.92 Å². The van der Waals surface area contributed by atoms with Gasteiger partial charge in [-0.15, -0.1) is 0 Å². The van der Waals surface area contributed by atoms with Crippen molar-refractivity contribution in [3.05, 3.63) is 0 Å². The predicted molar refractivity (Wildman–Crippen MR) is 56.1 cm³/mol. The molecule has 0 saturated heterocycles. The molecule has 5 heteroatoms. The molecule has 1 N–H and O–H groups in total. The Hall–Kier alpha value is -0.290. The van der Waals surface area contributed by atoms with Crippen molar-refractivity contribution in [2.45, 2.75) is 50.9 Å². The van der Waals surface area contributed by atoms with Crippen molar-refractivity contribution in [3.63, 3.8) is 0 Å². The lowest BCUT2D eigenvalue weighted by molar-refractivity contribution is -0.139. The van der Waals surface area contributed by atoms with E-state index >= 15 is 0 Å². The molecule has 0 aliphatic heterocycles. The SMILES string of the molecule is CC1CCC(O)CC1N(C)CCC(F)(F)F. The van der Waals surface area contributed by atoms with E-state index in [4.69, 9.17) is 0 Å². The third-order valence-corrected chi connectivity index (χ3v) is 3.44. The maximum Gasteiger partial charge on any atom is 0.390 e. The molecule has 3 unspecified atom stereocenters. The number of nitrogens with zero attached hydrogens (tertiary/aromatic N) is 1. The summed E-state index contributed by atoms with van der Waals surface area (Å²) < 4.78 is 36.2. The average Bonchev–Trinajstić information content (AvgIpc) is 2.17. The van der Waals surface area contributed by atoms with Gasteiger partial charge in [-0.25, -0.2) is 0 Å². The first kappa shape index (κ1) is 13.8. The number of aliphatic hydroxyl groups is 1. The maximum atomic E-state index is 12.1. The van der Waals surface area contributed by atoms with E-state index in [2.05, 4.69) is 0 Å². The van der Waals surface area contributed by atoms with Crippen molar-refractivity contribution < 1.29 is 18.3 Å². The summed E-state index contributed by atoms with van der Waals surface area (Å²) >= 11 is 0. The Balaban J connectivity index is 2.42. The molecule has 96 valence electrons. The summed E-state index contributed by atoms with van der Waals surface area (Å²) in [5.41, 5.74) is 0. The Bertz CT molecular complexity index is 220. The Morgan fingerprint density at radius 1 is 1.31 bits per heavy atom. The molecule has 1 saturated carbocycles. The highest BCUT2D eigenvalue weighted by molar-refractivity contribution is 4.83. The zero-order valence-corrected chi connectivity index (χ0v) is 9.80. The molecule has 0 aromatic rings. The highest BCUT2D eigenvalue weighted by atomic mass is 19.4. The van der Waals surface area contributed by atoms with Crippen LogP contribution in [0.2, 0.25) is 0 Å². The number of rotatable bonds is 3. The Morgan fingerprint density at radius 3 is 2.50 bits per heavy atom. The van der Waals surface area contributed by atoms with Gasteiger partial charge in [0.05, 0.1) is 12.5 Å². The van der Waals surface area contributed by atoms with Crippen LogP contribution in [0.25, 0.3) is 0 Å². The van der Waals surface area contributed by atoms with E-state index in [-0.39, 0.29) is 18.7 Å². The van der Waals surface area contributed by atoms with E-state index in [1.165, 1.54) is 0 Å². The zero-order chi connectivity index (χ0) is 12.3. The molecule has 1 fully saturated rings. The average molecular weight is 239 g/mol. The lowest BCUT2D eigenvalue weighted by atomic mass is 9.83. The van der Waals surface area contributed by atoms with Gasteiger partial charge in [-0.05, 0) is 32.2 Å².